The quantitative estimate of drug-likeness (QED) is 0.292. The number of halogens is 2. The summed E-state index contributed by atoms with van der Waals surface area (Å²) in [5.41, 5.74) is 10.1. The standard InChI is InChI=1S/C21H21.C5H5.4CH3.2ClH.2H2Si.Zr/c1-2-8-15-14(7-1)13-20-18-11-4-3-9-16(18)17-10-5-6-12-19(17)21(15)20;1-2-4-5-3-1;;;;;;;;;/h1-2,6-8,11-12,16-17H,3-5,9-10,13H2;1-3H,4H2;4*1H3;2*1H;2*1H2;. The van der Waals surface area contributed by atoms with Crippen LogP contribution in [-0.4, -0.2) is 13.8 Å². The van der Waals surface area contributed by atoms with Crippen LogP contribution in [0.2, 0.25) is 22.2 Å². The van der Waals surface area contributed by atoms with Crippen molar-refractivity contribution in [1.82, 2.24) is 0 Å². The molecule has 3 unspecified atom stereocenters. The Balaban J connectivity index is 0.00000144. The van der Waals surface area contributed by atoms with Crippen LogP contribution in [0.4, 0.5) is 0 Å². The van der Waals surface area contributed by atoms with Gasteiger partial charge in [0, 0.05) is 0 Å². The summed E-state index contributed by atoms with van der Waals surface area (Å²) < 4.78 is 13.8. The number of hydrogen-bond acceptors (Lipinski definition) is 0. The number of hydrogen-bond donors (Lipinski definition) is 0. The molecule has 5 heteroatoms. The van der Waals surface area contributed by atoms with Gasteiger partial charge in [-0.1, -0.05) is 0 Å². The van der Waals surface area contributed by atoms with E-state index in [0.717, 1.165) is 24.7 Å². The summed E-state index contributed by atoms with van der Waals surface area (Å²) in [4.78, 5) is 0. The van der Waals surface area contributed by atoms with Crippen LogP contribution in [0.3, 0.4) is 0 Å². The van der Waals surface area contributed by atoms with E-state index in [1.807, 2.05) is 5.57 Å². The van der Waals surface area contributed by atoms with Crippen LogP contribution < -0.4 is 0 Å². The van der Waals surface area contributed by atoms with Crippen molar-refractivity contribution >= 4 is 44.1 Å². The van der Waals surface area contributed by atoms with E-state index in [2.05, 4.69) is 86.9 Å². The molecule has 0 radical (unpaired) electrons. The average Bonchev–Trinajstić information content (AvgIpc) is 3.42. The molecule has 0 aromatic heterocycles. The molecule has 1 aromatic rings. The molecular formula is C30H44Cl2Si2Zr. The SMILES string of the molecule is Cl.Cl.[CH3][Zr]([CH3])([CH3])([CH3])(=[SiH2])(=[SiH2])([C]1=CC=CC1)[CH]1CCCC2C1=C1Cc3ccccc3C1=C1C=CCCC12. The summed E-state index contributed by atoms with van der Waals surface area (Å²) in [6, 6.07) is 9.32. The molecule has 6 rings (SSSR count). The molecule has 190 valence electrons. The topological polar surface area (TPSA) is 0 Å². The number of rotatable bonds is 2. The second-order valence-electron chi connectivity index (χ2n) is 17.7. The Labute approximate surface area is 218 Å². The van der Waals surface area contributed by atoms with Gasteiger partial charge in [-0.05, 0) is 0 Å². The summed E-state index contributed by atoms with van der Waals surface area (Å²) in [5, 5.41) is 0. The normalized spacial score (nSPS) is 31.2. The Morgan fingerprint density at radius 3 is 2.34 bits per heavy atom. The van der Waals surface area contributed by atoms with Gasteiger partial charge in [0.2, 0.25) is 0 Å². The van der Waals surface area contributed by atoms with Crippen LogP contribution in [0.5, 0.6) is 0 Å². The van der Waals surface area contributed by atoms with Crippen molar-refractivity contribution < 1.29 is 11.6 Å². The third-order valence-electron chi connectivity index (χ3n) is 11.0. The van der Waals surface area contributed by atoms with Crippen LogP contribution in [0.1, 0.15) is 49.7 Å². The van der Waals surface area contributed by atoms with E-state index in [-0.39, 0.29) is 24.8 Å². The molecule has 1 fully saturated rings. The molecule has 3 atom stereocenters. The van der Waals surface area contributed by atoms with Gasteiger partial charge in [0.25, 0.3) is 0 Å². The predicted molar refractivity (Wildman–Crippen MR) is 164 cm³/mol. The number of benzene rings is 1. The van der Waals surface area contributed by atoms with Gasteiger partial charge in [-0.15, -0.1) is 24.8 Å². The van der Waals surface area contributed by atoms with E-state index in [0.29, 0.717) is 3.63 Å². The van der Waals surface area contributed by atoms with Crippen molar-refractivity contribution in [2.24, 2.45) is 11.8 Å². The van der Waals surface area contributed by atoms with E-state index in [9.17, 15) is 0 Å². The molecule has 1 saturated carbocycles. The molecule has 5 aliphatic carbocycles. The first-order valence-electron chi connectivity index (χ1n) is 13.5. The van der Waals surface area contributed by atoms with Gasteiger partial charge >= 0.3 is 196 Å². The zero-order valence-electron chi connectivity index (χ0n) is 22.1. The summed E-state index contributed by atoms with van der Waals surface area (Å²) in [6.45, 7) is 5.00. The minimum atomic E-state index is -4.78. The summed E-state index contributed by atoms with van der Waals surface area (Å²) in [5.74, 6) is 1.46. The van der Waals surface area contributed by atoms with E-state index in [4.69, 9.17) is 0 Å². The molecule has 5 aliphatic rings. The van der Waals surface area contributed by atoms with Crippen molar-refractivity contribution in [2.45, 2.75) is 67.1 Å². The summed E-state index contributed by atoms with van der Waals surface area (Å²) in [7, 11) is 0. The first kappa shape index (κ1) is 27.8. The zero-order chi connectivity index (χ0) is 23.4. The second kappa shape index (κ2) is 6.68. The molecule has 0 saturated heterocycles. The number of fused-ring (bicyclic) bond motifs is 6. The van der Waals surface area contributed by atoms with Crippen molar-refractivity contribution in [3.63, 3.8) is 0 Å². The van der Waals surface area contributed by atoms with E-state index >= 15 is 0 Å². The van der Waals surface area contributed by atoms with E-state index in [1.54, 1.807) is 25.6 Å². The molecule has 35 heavy (non-hydrogen) atoms. The van der Waals surface area contributed by atoms with Gasteiger partial charge in [0.15, 0.2) is 0 Å². The third-order valence-corrected chi connectivity index (χ3v) is 44.1. The Kier molecular flexibility index (Phi) is 5.32. The van der Waals surface area contributed by atoms with Gasteiger partial charge in [-0.3, -0.25) is 0 Å². The van der Waals surface area contributed by atoms with Crippen LogP contribution in [0.25, 0.3) is 5.57 Å². The molecular weight excluding hydrogens is 579 g/mol. The van der Waals surface area contributed by atoms with Gasteiger partial charge in [-0.2, -0.15) is 0 Å². The van der Waals surface area contributed by atoms with Crippen LogP contribution in [0, 0.1) is 11.8 Å². The second-order valence-corrected chi connectivity index (χ2v) is 120. The summed E-state index contributed by atoms with van der Waals surface area (Å²) in [6.07, 6.45) is 21.3. The molecule has 0 amide bonds. The first-order chi connectivity index (χ1) is 15.1. The van der Waals surface area contributed by atoms with Crippen molar-refractivity contribution in [3.8, 4) is 0 Å². The van der Waals surface area contributed by atoms with Crippen LogP contribution in [0.15, 0.2) is 74.6 Å². The fourth-order valence-corrected chi connectivity index (χ4v) is 34.3. The maximum atomic E-state index is 2.82. The minimum absolute atomic E-state index is 0. The van der Waals surface area contributed by atoms with Gasteiger partial charge < -0.3 is 0 Å². The molecule has 0 spiro atoms. The van der Waals surface area contributed by atoms with Crippen molar-refractivity contribution in [1.29, 1.82) is 0 Å². The first-order valence-corrected chi connectivity index (χ1v) is 37.8. The van der Waals surface area contributed by atoms with Crippen LogP contribution in [-0.2, 0) is 18.0 Å². The monoisotopic (exact) mass is 620 g/mol. The Hall–Kier alpha value is -0.183. The van der Waals surface area contributed by atoms with Gasteiger partial charge in [0.05, 0.1) is 0 Å². The summed E-state index contributed by atoms with van der Waals surface area (Å²) >= 11 is -4.78. The van der Waals surface area contributed by atoms with Crippen molar-refractivity contribution in [2.75, 3.05) is 0 Å². The predicted octanol–water partition coefficient (Wildman–Crippen LogP) is 8.13. The molecule has 0 N–H and O–H groups in total. The Morgan fingerprint density at radius 1 is 0.886 bits per heavy atom. The van der Waals surface area contributed by atoms with E-state index in [1.165, 1.54) is 37.7 Å². The van der Waals surface area contributed by atoms with Crippen LogP contribution >= 0.6 is 24.8 Å². The Morgan fingerprint density at radius 2 is 1.63 bits per heavy atom. The maximum absolute atomic E-state index is 4.78. The Bertz CT molecular complexity index is 1560. The zero-order valence-corrected chi connectivity index (χ0v) is 29.0. The number of allylic oxidation sites excluding steroid dienone is 10. The van der Waals surface area contributed by atoms with Gasteiger partial charge in [-0.25, -0.2) is 0 Å². The fourth-order valence-electron chi connectivity index (χ4n) is 8.91. The van der Waals surface area contributed by atoms with Gasteiger partial charge in [0.1, 0.15) is 0 Å². The fraction of sp³-hybridized carbons (Fsp3) is 0.467. The van der Waals surface area contributed by atoms with Crippen molar-refractivity contribution in [3.05, 3.63) is 85.8 Å². The average molecular weight is 623 g/mol. The molecule has 0 nitrogen and oxygen atoms in total. The molecule has 0 aliphatic heterocycles. The molecule has 0 heterocycles. The van der Waals surface area contributed by atoms with E-state index < -0.39 is 11.6 Å². The molecule has 1 aromatic carbocycles. The molecule has 0 bridgehead atoms. The third kappa shape index (κ3) is 3.81.